The number of aromatic nitrogens is 1. The third kappa shape index (κ3) is 2.88. The van der Waals surface area contributed by atoms with Crippen molar-refractivity contribution in [1.82, 2.24) is 4.98 Å². The van der Waals surface area contributed by atoms with E-state index in [0.29, 0.717) is 5.56 Å². The Bertz CT molecular complexity index is 1190. The maximum absolute atomic E-state index is 14.3. The zero-order chi connectivity index (χ0) is 20.7. The van der Waals surface area contributed by atoms with E-state index >= 15 is 0 Å². The zero-order valence-electron chi connectivity index (χ0n) is 14.6. The second-order valence-corrected chi connectivity index (χ2v) is 5.93. The van der Waals surface area contributed by atoms with Crippen molar-refractivity contribution in [1.29, 1.82) is 0 Å². The second-order valence-electron chi connectivity index (χ2n) is 5.93. The first-order chi connectivity index (χ1) is 13.2. The van der Waals surface area contributed by atoms with Crippen LogP contribution < -0.4 is 5.43 Å². The smallest absolute Gasteiger partial charge is 0.344 e. The van der Waals surface area contributed by atoms with Crippen molar-refractivity contribution in [3.8, 4) is 17.0 Å². The first kappa shape index (κ1) is 19.4. The summed E-state index contributed by atoms with van der Waals surface area (Å²) in [6.45, 7) is 2.86. The van der Waals surface area contributed by atoms with Gasteiger partial charge in [-0.05, 0) is 37.6 Å². The highest BCUT2D eigenvalue weighted by molar-refractivity contribution is 6.00. The Morgan fingerprint density at radius 1 is 1.11 bits per heavy atom. The van der Waals surface area contributed by atoms with Crippen molar-refractivity contribution < 1.29 is 32.2 Å². The molecule has 0 aliphatic rings. The van der Waals surface area contributed by atoms with Crippen LogP contribution in [-0.4, -0.2) is 22.7 Å². The first-order valence-corrected chi connectivity index (χ1v) is 8.08. The Morgan fingerprint density at radius 2 is 1.75 bits per heavy atom. The van der Waals surface area contributed by atoms with Crippen LogP contribution in [0.3, 0.4) is 0 Å². The van der Waals surface area contributed by atoms with Crippen molar-refractivity contribution >= 4 is 16.9 Å². The van der Waals surface area contributed by atoms with E-state index < -0.39 is 51.1 Å². The Kier molecular flexibility index (Phi) is 4.84. The summed E-state index contributed by atoms with van der Waals surface area (Å²) in [5.41, 5.74) is -2.74. The van der Waals surface area contributed by atoms with E-state index in [1.807, 2.05) is 0 Å². The number of rotatable bonds is 3. The number of phenolic OH excluding ortho intramolecular Hbond substituents is 1. The van der Waals surface area contributed by atoms with Crippen molar-refractivity contribution in [3.05, 3.63) is 62.8 Å². The van der Waals surface area contributed by atoms with E-state index in [2.05, 4.69) is 4.98 Å². The van der Waals surface area contributed by atoms with Crippen LogP contribution in [0, 0.1) is 30.2 Å². The molecule has 1 aromatic heterocycles. The second kappa shape index (κ2) is 6.99. The van der Waals surface area contributed by atoms with Crippen LogP contribution >= 0.6 is 0 Å². The zero-order valence-corrected chi connectivity index (χ0v) is 14.6. The molecule has 0 bridgehead atoms. The van der Waals surface area contributed by atoms with E-state index in [1.54, 1.807) is 0 Å². The molecule has 0 radical (unpaired) electrons. The van der Waals surface area contributed by atoms with Crippen molar-refractivity contribution in [3.63, 3.8) is 0 Å². The minimum atomic E-state index is -2.17. The van der Waals surface area contributed by atoms with E-state index in [-0.39, 0.29) is 23.6 Å². The Hall–Kier alpha value is -3.36. The highest BCUT2D eigenvalue weighted by Gasteiger charge is 2.29. The molecule has 28 heavy (non-hydrogen) atoms. The predicted molar refractivity (Wildman–Crippen MR) is 92.2 cm³/mol. The summed E-state index contributed by atoms with van der Waals surface area (Å²) in [6.07, 6.45) is 0. The topological polar surface area (TPSA) is 79.4 Å². The summed E-state index contributed by atoms with van der Waals surface area (Å²) in [5, 5.41) is 8.42. The largest absolute Gasteiger partial charge is 0.508 e. The van der Waals surface area contributed by atoms with Crippen LogP contribution in [0.5, 0.6) is 5.75 Å². The summed E-state index contributed by atoms with van der Waals surface area (Å²) in [7, 11) is 0. The average molecular weight is 395 g/mol. The van der Waals surface area contributed by atoms with Gasteiger partial charge in [-0.15, -0.1) is 0 Å². The van der Waals surface area contributed by atoms with E-state index in [9.17, 15) is 32.3 Å². The van der Waals surface area contributed by atoms with Gasteiger partial charge in [0.15, 0.2) is 23.3 Å². The normalized spacial score (nSPS) is 11.1. The number of esters is 1. The fourth-order valence-corrected chi connectivity index (χ4v) is 2.92. The molecular weight excluding hydrogens is 382 g/mol. The third-order valence-corrected chi connectivity index (χ3v) is 4.18. The number of aromatic amines is 1. The molecule has 0 saturated carbocycles. The van der Waals surface area contributed by atoms with Gasteiger partial charge in [0.05, 0.1) is 23.2 Å². The SMILES string of the molecule is CCOC(=O)c1c(-c2ccc(O)cc2C)[nH]c2c(F)c(F)c(F)c(F)c2c1=O. The predicted octanol–water partition coefficient (Wildman–Crippen LogP) is 3.94. The molecule has 0 atom stereocenters. The summed E-state index contributed by atoms with van der Waals surface area (Å²) in [6, 6.07) is 3.86. The van der Waals surface area contributed by atoms with Gasteiger partial charge in [0.2, 0.25) is 5.43 Å². The highest BCUT2D eigenvalue weighted by Crippen LogP contribution is 2.31. The first-order valence-electron chi connectivity index (χ1n) is 8.08. The van der Waals surface area contributed by atoms with Crippen LogP contribution in [0.2, 0.25) is 0 Å². The molecule has 1 heterocycles. The summed E-state index contributed by atoms with van der Waals surface area (Å²) in [4.78, 5) is 27.5. The number of fused-ring (bicyclic) bond motifs is 1. The van der Waals surface area contributed by atoms with Gasteiger partial charge < -0.3 is 14.8 Å². The van der Waals surface area contributed by atoms with Crippen LogP contribution in [0.15, 0.2) is 23.0 Å². The molecule has 0 unspecified atom stereocenters. The maximum atomic E-state index is 14.3. The lowest BCUT2D eigenvalue weighted by atomic mass is 9.98. The summed E-state index contributed by atoms with van der Waals surface area (Å²) < 4.78 is 60.6. The number of benzene rings is 2. The molecule has 0 fully saturated rings. The molecular formula is C19H13F4NO4. The van der Waals surface area contributed by atoms with Gasteiger partial charge in [0, 0.05) is 5.56 Å². The standard InChI is InChI=1S/C19H13F4NO4/c1-3-28-19(27)11-16(9-5-4-8(25)6-7(9)2)24-17-10(18(11)26)12(20)13(21)14(22)15(17)23/h4-6,25H,3H2,1-2H3,(H,24,26). The highest BCUT2D eigenvalue weighted by atomic mass is 19.2. The number of phenols is 1. The number of hydrogen-bond donors (Lipinski definition) is 2. The molecule has 0 saturated heterocycles. The maximum Gasteiger partial charge on any atom is 0.344 e. The number of carbonyl (C=O) groups excluding carboxylic acids is 1. The van der Waals surface area contributed by atoms with Crippen LogP contribution in [0.1, 0.15) is 22.8 Å². The summed E-state index contributed by atoms with van der Waals surface area (Å²) in [5.74, 6) is -9.27. The van der Waals surface area contributed by atoms with Crippen molar-refractivity contribution in [2.75, 3.05) is 6.61 Å². The van der Waals surface area contributed by atoms with Crippen molar-refractivity contribution in [2.24, 2.45) is 0 Å². The molecule has 0 aliphatic carbocycles. The number of carbonyl (C=O) groups is 1. The molecule has 0 aliphatic heterocycles. The molecule has 146 valence electrons. The van der Waals surface area contributed by atoms with E-state index in [4.69, 9.17) is 4.74 Å². The number of pyridine rings is 1. The summed E-state index contributed by atoms with van der Waals surface area (Å²) >= 11 is 0. The number of aromatic hydroxyl groups is 1. The number of H-pyrrole nitrogens is 1. The monoisotopic (exact) mass is 395 g/mol. The van der Waals surface area contributed by atoms with Gasteiger partial charge in [-0.3, -0.25) is 4.79 Å². The van der Waals surface area contributed by atoms with Gasteiger partial charge in [0.25, 0.3) is 0 Å². The van der Waals surface area contributed by atoms with Crippen LogP contribution in [0.25, 0.3) is 22.2 Å². The van der Waals surface area contributed by atoms with E-state index in [1.165, 1.54) is 32.0 Å². The molecule has 3 rings (SSSR count). The Morgan fingerprint density at radius 3 is 2.36 bits per heavy atom. The van der Waals surface area contributed by atoms with E-state index in [0.717, 1.165) is 0 Å². The van der Waals surface area contributed by atoms with Gasteiger partial charge in [0.1, 0.15) is 11.3 Å². The molecule has 2 N–H and O–H groups in total. The number of halogens is 4. The lowest BCUT2D eigenvalue weighted by Crippen LogP contribution is -2.22. The number of nitrogens with one attached hydrogen (secondary N) is 1. The third-order valence-electron chi connectivity index (χ3n) is 4.18. The lowest BCUT2D eigenvalue weighted by molar-refractivity contribution is 0.0525. The molecule has 5 nitrogen and oxygen atoms in total. The molecule has 2 aromatic carbocycles. The lowest BCUT2D eigenvalue weighted by Gasteiger charge is -2.14. The quantitative estimate of drug-likeness (QED) is 0.305. The van der Waals surface area contributed by atoms with Gasteiger partial charge in [-0.1, -0.05) is 0 Å². The van der Waals surface area contributed by atoms with Gasteiger partial charge >= 0.3 is 5.97 Å². The minimum Gasteiger partial charge on any atom is -0.508 e. The van der Waals surface area contributed by atoms with Crippen LogP contribution in [-0.2, 0) is 4.74 Å². The Balaban J connectivity index is 2.54. The fourth-order valence-electron chi connectivity index (χ4n) is 2.92. The molecule has 0 amide bonds. The van der Waals surface area contributed by atoms with Crippen LogP contribution in [0.4, 0.5) is 17.6 Å². The number of hydrogen-bond acceptors (Lipinski definition) is 4. The molecule has 9 heteroatoms. The number of aryl methyl sites for hydroxylation is 1. The van der Waals surface area contributed by atoms with Crippen molar-refractivity contribution in [2.45, 2.75) is 13.8 Å². The molecule has 0 spiro atoms. The minimum absolute atomic E-state index is 0.118. The van der Waals surface area contributed by atoms with Gasteiger partial charge in [-0.2, -0.15) is 0 Å². The average Bonchev–Trinajstić information content (AvgIpc) is 2.64. The number of ether oxygens (including phenoxy) is 1. The fraction of sp³-hybridized carbons (Fsp3) is 0.158. The Labute approximate surface area is 155 Å². The van der Waals surface area contributed by atoms with Gasteiger partial charge in [-0.25, -0.2) is 22.4 Å². The molecule has 3 aromatic rings.